The van der Waals surface area contributed by atoms with E-state index in [0.29, 0.717) is 12.2 Å². The Labute approximate surface area is 132 Å². The number of benzene rings is 1. The molecule has 1 fully saturated rings. The van der Waals surface area contributed by atoms with Gasteiger partial charge in [0.2, 0.25) is 0 Å². The molecule has 1 aliphatic rings. The molecule has 0 amide bonds. The first kappa shape index (κ1) is 16.3. The molecule has 116 valence electrons. The molecule has 1 aromatic rings. The standard InChI is InChI=1S/C17H25ClN2O/c1-17(2,3)16(21)7-8-19-9-11-20(12-10-19)15-6-4-5-14(18)13-15/h4-6,13H,7-12H2,1-3H3. The number of rotatable bonds is 4. The third kappa shape index (κ3) is 4.72. The Hall–Kier alpha value is -1.06. The molecule has 0 aliphatic carbocycles. The van der Waals surface area contributed by atoms with Crippen molar-refractivity contribution >= 4 is 23.1 Å². The third-order valence-corrected chi connectivity index (χ3v) is 4.27. The predicted molar refractivity (Wildman–Crippen MR) is 89.2 cm³/mol. The van der Waals surface area contributed by atoms with Gasteiger partial charge in [0.1, 0.15) is 5.78 Å². The summed E-state index contributed by atoms with van der Waals surface area (Å²) >= 11 is 6.05. The molecule has 1 aromatic carbocycles. The van der Waals surface area contributed by atoms with Gasteiger partial charge in [0.15, 0.2) is 0 Å². The van der Waals surface area contributed by atoms with Gasteiger partial charge >= 0.3 is 0 Å². The van der Waals surface area contributed by atoms with Crippen LogP contribution in [0.2, 0.25) is 5.02 Å². The van der Waals surface area contributed by atoms with E-state index in [1.54, 1.807) is 0 Å². The molecule has 0 bridgehead atoms. The van der Waals surface area contributed by atoms with Gasteiger partial charge in [0.25, 0.3) is 0 Å². The number of carbonyl (C=O) groups is 1. The van der Waals surface area contributed by atoms with Crippen LogP contribution in [-0.2, 0) is 4.79 Å². The summed E-state index contributed by atoms with van der Waals surface area (Å²) in [7, 11) is 0. The highest BCUT2D eigenvalue weighted by molar-refractivity contribution is 6.30. The lowest BCUT2D eigenvalue weighted by atomic mass is 9.89. The zero-order valence-corrected chi connectivity index (χ0v) is 14.0. The van der Waals surface area contributed by atoms with Crippen LogP contribution < -0.4 is 4.90 Å². The number of carbonyl (C=O) groups excluding carboxylic acids is 1. The van der Waals surface area contributed by atoms with Gasteiger partial charge in [-0.2, -0.15) is 0 Å². The van der Waals surface area contributed by atoms with Crippen LogP contribution in [-0.4, -0.2) is 43.4 Å². The number of nitrogens with zero attached hydrogens (tertiary/aromatic N) is 2. The lowest BCUT2D eigenvalue weighted by Crippen LogP contribution is -2.47. The van der Waals surface area contributed by atoms with Crippen molar-refractivity contribution in [1.82, 2.24) is 4.90 Å². The van der Waals surface area contributed by atoms with Gasteiger partial charge in [-0.3, -0.25) is 9.69 Å². The Bertz CT molecular complexity index is 488. The second-order valence-corrected chi connectivity index (χ2v) is 7.17. The Morgan fingerprint density at radius 2 is 1.86 bits per heavy atom. The van der Waals surface area contributed by atoms with Crippen LogP contribution in [0, 0.1) is 5.41 Å². The van der Waals surface area contributed by atoms with Crippen molar-refractivity contribution in [2.75, 3.05) is 37.6 Å². The Balaban J connectivity index is 1.80. The van der Waals surface area contributed by atoms with Gasteiger partial charge in [0, 0.05) is 55.3 Å². The lowest BCUT2D eigenvalue weighted by Gasteiger charge is -2.36. The topological polar surface area (TPSA) is 23.6 Å². The van der Waals surface area contributed by atoms with Crippen molar-refractivity contribution in [2.45, 2.75) is 27.2 Å². The number of anilines is 1. The molecule has 0 radical (unpaired) electrons. The summed E-state index contributed by atoms with van der Waals surface area (Å²) in [5.74, 6) is 0.347. The van der Waals surface area contributed by atoms with E-state index in [1.165, 1.54) is 5.69 Å². The van der Waals surface area contributed by atoms with Crippen LogP contribution in [0.1, 0.15) is 27.2 Å². The molecule has 0 unspecified atom stereocenters. The minimum atomic E-state index is -0.220. The Morgan fingerprint density at radius 1 is 1.19 bits per heavy atom. The number of hydrogen-bond donors (Lipinski definition) is 0. The number of Topliss-reactive ketones (excluding diaryl/α,β-unsaturated/α-hetero) is 1. The monoisotopic (exact) mass is 308 g/mol. The minimum Gasteiger partial charge on any atom is -0.369 e. The molecule has 2 rings (SSSR count). The van der Waals surface area contributed by atoms with Crippen molar-refractivity contribution in [2.24, 2.45) is 5.41 Å². The van der Waals surface area contributed by atoms with Crippen LogP contribution in [0.25, 0.3) is 0 Å². The predicted octanol–water partition coefficient (Wildman–Crippen LogP) is 3.47. The van der Waals surface area contributed by atoms with Gasteiger partial charge < -0.3 is 4.90 Å². The number of piperazine rings is 1. The number of hydrogen-bond acceptors (Lipinski definition) is 3. The van der Waals surface area contributed by atoms with E-state index in [9.17, 15) is 4.79 Å². The molecule has 0 saturated carbocycles. The van der Waals surface area contributed by atoms with E-state index in [4.69, 9.17) is 11.6 Å². The molecule has 1 aliphatic heterocycles. The van der Waals surface area contributed by atoms with Crippen LogP contribution in [0.3, 0.4) is 0 Å². The molecule has 0 aromatic heterocycles. The minimum absolute atomic E-state index is 0.220. The Morgan fingerprint density at radius 3 is 2.43 bits per heavy atom. The molecular formula is C17H25ClN2O. The first-order chi connectivity index (χ1) is 9.86. The average Bonchev–Trinajstić information content (AvgIpc) is 2.44. The summed E-state index contributed by atoms with van der Waals surface area (Å²) in [5.41, 5.74) is 0.968. The van der Waals surface area contributed by atoms with E-state index in [0.717, 1.165) is 37.7 Å². The smallest absolute Gasteiger partial charge is 0.139 e. The maximum absolute atomic E-state index is 12.0. The van der Waals surface area contributed by atoms with Crippen molar-refractivity contribution in [1.29, 1.82) is 0 Å². The summed E-state index contributed by atoms with van der Waals surface area (Å²) in [6.45, 7) is 10.8. The first-order valence-corrected chi connectivity index (χ1v) is 8.00. The van der Waals surface area contributed by atoms with Crippen LogP contribution in [0.15, 0.2) is 24.3 Å². The van der Waals surface area contributed by atoms with Crippen LogP contribution >= 0.6 is 11.6 Å². The molecule has 0 atom stereocenters. The molecule has 3 nitrogen and oxygen atoms in total. The zero-order valence-electron chi connectivity index (χ0n) is 13.2. The second-order valence-electron chi connectivity index (χ2n) is 6.73. The zero-order chi connectivity index (χ0) is 15.5. The summed E-state index contributed by atoms with van der Waals surface area (Å²) < 4.78 is 0. The molecule has 1 saturated heterocycles. The third-order valence-electron chi connectivity index (χ3n) is 4.04. The fourth-order valence-electron chi connectivity index (χ4n) is 2.54. The fourth-order valence-corrected chi connectivity index (χ4v) is 2.72. The van der Waals surface area contributed by atoms with Crippen LogP contribution in [0.4, 0.5) is 5.69 Å². The highest BCUT2D eigenvalue weighted by Crippen LogP contribution is 2.21. The van der Waals surface area contributed by atoms with E-state index in [2.05, 4.69) is 15.9 Å². The van der Waals surface area contributed by atoms with Gasteiger partial charge in [-0.05, 0) is 18.2 Å². The lowest BCUT2D eigenvalue weighted by molar-refractivity contribution is -0.126. The number of halogens is 1. The van der Waals surface area contributed by atoms with Gasteiger partial charge in [0.05, 0.1) is 0 Å². The number of ketones is 1. The quantitative estimate of drug-likeness (QED) is 0.851. The molecular weight excluding hydrogens is 284 g/mol. The summed E-state index contributed by atoms with van der Waals surface area (Å²) in [6, 6.07) is 8.01. The highest BCUT2D eigenvalue weighted by Gasteiger charge is 2.23. The normalized spacial score (nSPS) is 17.0. The van der Waals surface area contributed by atoms with Crippen molar-refractivity contribution < 1.29 is 4.79 Å². The second kappa shape index (κ2) is 6.80. The Kier molecular flexibility index (Phi) is 5.28. The molecule has 0 N–H and O–H groups in total. The SMILES string of the molecule is CC(C)(C)C(=O)CCN1CCN(c2cccc(Cl)c2)CC1. The summed E-state index contributed by atoms with van der Waals surface area (Å²) in [6.07, 6.45) is 0.653. The summed E-state index contributed by atoms with van der Waals surface area (Å²) in [4.78, 5) is 16.7. The van der Waals surface area contributed by atoms with E-state index in [-0.39, 0.29) is 5.41 Å². The van der Waals surface area contributed by atoms with E-state index >= 15 is 0 Å². The molecule has 1 heterocycles. The fraction of sp³-hybridized carbons (Fsp3) is 0.588. The van der Waals surface area contributed by atoms with E-state index < -0.39 is 0 Å². The van der Waals surface area contributed by atoms with Gasteiger partial charge in [-0.15, -0.1) is 0 Å². The summed E-state index contributed by atoms with van der Waals surface area (Å²) in [5, 5.41) is 0.783. The average molecular weight is 309 g/mol. The first-order valence-electron chi connectivity index (χ1n) is 7.62. The van der Waals surface area contributed by atoms with Gasteiger partial charge in [-0.1, -0.05) is 38.4 Å². The van der Waals surface area contributed by atoms with Crippen molar-refractivity contribution in [3.63, 3.8) is 0 Å². The molecule has 0 spiro atoms. The maximum atomic E-state index is 12.0. The van der Waals surface area contributed by atoms with Gasteiger partial charge in [-0.25, -0.2) is 0 Å². The van der Waals surface area contributed by atoms with Crippen LogP contribution in [0.5, 0.6) is 0 Å². The molecule has 21 heavy (non-hydrogen) atoms. The largest absolute Gasteiger partial charge is 0.369 e. The van der Waals surface area contributed by atoms with E-state index in [1.807, 2.05) is 39.0 Å². The van der Waals surface area contributed by atoms with Crippen molar-refractivity contribution in [3.05, 3.63) is 29.3 Å². The highest BCUT2D eigenvalue weighted by atomic mass is 35.5. The molecule has 4 heteroatoms. The maximum Gasteiger partial charge on any atom is 0.139 e. The van der Waals surface area contributed by atoms with Crippen molar-refractivity contribution in [3.8, 4) is 0 Å².